The average molecular weight is 393 g/mol. The number of anilines is 1. The molecule has 3 aromatic rings. The lowest BCUT2D eigenvalue weighted by molar-refractivity contribution is -0.137. The van der Waals surface area contributed by atoms with Crippen LogP contribution in [0.3, 0.4) is 0 Å². The third kappa shape index (κ3) is 3.90. The van der Waals surface area contributed by atoms with Gasteiger partial charge in [0, 0.05) is 0 Å². The molecule has 0 atom stereocenters. The van der Waals surface area contributed by atoms with E-state index in [0.29, 0.717) is 6.07 Å². The van der Waals surface area contributed by atoms with Crippen LogP contribution in [0.5, 0.6) is 0 Å². The number of benzene rings is 2. The summed E-state index contributed by atoms with van der Waals surface area (Å²) in [5.41, 5.74) is -1.03. The molecule has 0 bridgehead atoms. The molecular weight excluding hydrogens is 383 g/mol. The maximum absolute atomic E-state index is 13.0. The summed E-state index contributed by atoms with van der Waals surface area (Å²) in [6.07, 6.45) is -2.27. The van der Waals surface area contributed by atoms with Crippen molar-refractivity contribution in [3.8, 4) is 11.8 Å². The van der Waals surface area contributed by atoms with Gasteiger partial charge in [-0.3, -0.25) is 4.72 Å². The number of hydrogen-bond donors (Lipinski definition) is 1. The van der Waals surface area contributed by atoms with E-state index in [9.17, 15) is 21.6 Å². The normalized spacial score (nSPS) is 11.8. The molecule has 2 aromatic carbocycles. The molecule has 1 heterocycles. The number of halogens is 3. The number of nitrogens with one attached hydrogen (secondary N) is 1. The highest BCUT2D eigenvalue weighted by Gasteiger charge is 2.32. The molecule has 138 valence electrons. The predicted molar refractivity (Wildman–Crippen MR) is 88.3 cm³/mol. The Bertz CT molecular complexity index is 1100. The summed E-state index contributed by atoms with van der Waals surface area (Å²) in [6.45, 7) is 0. The molecule has 0 aliphatic carbocycles. The van der Waals surface area contributed by atoms with Crippen LogP contribution >= 0.6 is 0 Å². The van der Waals surface area contributed by atoms with Crippen LogP contribution in [0.4, 0.5) is 18.9 Å². The molecule has 1 N–H and O–H groups in total. The highest BCUT2D eigenvalue weighted by atomic mass is 32.2. The van der Waals surface area contributed by atoms with E-state index >= 15 is 0 Å². The van der Waals surface area contributed by atoms with Gasteiger partial charge in [0.25, 0.3) is 10.0 Å². The molecule has 7 nitrogen and oxygen atoms in total. The summed E-state index contributed by atoms with van der Waals surface area (Å²) < 4.78 is 67.5. The van der Waals surface area contributed by atoms with E-state index in [-0.39, 0.29) is 21.8 Å². The van der Waals surface area contributed by atoms with E-state index < -0.39 is 21.8 Å². The van der Waals surface area contributed by atoms with Gasteiger partial charge in [0.15, 0.2) is 0 Å². The summed E-state index contributed by atoms with van der Waals surface area (Å²) in [5, 5.41) is 12.6. The summed E-state index contributed by atoms with van der Waals surface area (Å²) in [6, 6.07) is 9.38. The van der Waals surface area contributed by atoms with Gasteiger partial charge in [-0.2, -0.15) is 23.5 Å². The smallest absolute Gasteiger partial charge is 0.277 e. The van der Waals surface area contributed by atoms with Gasteiger partial charge in [0.2, 0.25) is 0 Å². The lowest BCUT2D eigenvalue weighted by Gasteiger charge is -2.15. The van der Waals surface area contributed by atoms with E-state index in [1.807, 2.05) is 6.07 Å². The van der Waals surface area contributed by atoms with Crippen molar-refractivity contribution in [3.63, 3.8) is 0 Å². The van der Waals surface area contributed by atoms with Gasteiger partial charge in [0.05, 0.1) is 33.5 Å². The van der Waals surface area contributed by atoms with Crippen molar-refractivity contribution in [2.24, 2.45) is 0 Å². The number of aromatic nitrogens is 3. The second kappa shape index (κ2) is 6.73. The summed E-state index contributed by atoms with van der Waals surface area (Å²) in [7, 11) is -4.20. The third-order valence-corrected chi connectivity index (χ3v) is 4.91. The Hall–Kier alpha value is -3.39. The third-order valence-electron chi connectivity index (χ3n) is 3.53. The second-order valence-corrected chi connectivity index (χ2v) is 6.99. The zero-order valence-corrected chi connectivity index (χ0v) is 14.2. The minimum atomic E-state index is -4.66. The molecule has 0 unspecified atom stereocenters. The molecule has 1 aromatic heterocycles. The highest BCUT2D eigenvalue weighted by molar-refractivity contribution is 7.92. The van der Waals surface area contributed by atoms with Crippen molar-refractivity contribution in [1.82, 2.24) is 14.8 Å². The fraction of sp³-hybridized carbons (Fsp3) is 0.0625. The van der Waals surface area contributed by atoms with Crippen molar-refractivity contribution >= 4 is 15.7 Å². The van der Waals surface area contributed by atoms with Crippen LogP contribution in [0.2, 0.25) is 0 Å². The highest BCUT2D eigenvalue weighted by Crippen LogP contribution is 2.34. The fourth-order valence-corrected chi connectivity index (χ4v) is 3.30. The molecule has 0 spiro atoms. The summed E-state index contributed by atoms with van der Waals surface area (Å²) >= 11 is 0. The Balaban J connectivity index is 2.07. The number of alkyl halides is 3. The Morgan fingerprint density at radius 3 is 2.37 bits per heavy atom. The second-order valence-electron chi connectivity index (χ2n) is 5.31. The Morgan fingerprint density at radius 2 is 1.81 bits per heavy atom. The zero-order chi connectivity index (χ0) is 19.7. The van der Waals surface area contributed by atoms with Gasteiger partial charge in [-0.05, 0) is 42.5 Å². The van der Waals surface area contributed by atoms with Crippen LogP contribution in [-0.4, -0.2) is 23.2 Å². The first-order valence-corrected chi connectivity index (χ1v) is 8.78. The molecule has 0 radical (unpaired) electrons. The lowest BCUT2D eigenvalue weighted by atomic mass is 10.1. The number of nitrogens with zero attached hydrogens (tertiary/aromatic N) is 4. The molecule has 11 heteroatoms. The molecular formula is C16H10F3N5O2S. The zero-order valence-electron chi connectivity index (χ0n) is 13.3. The first kappa shape index (κ1) is 18.4. The van der Waals surface area contributed by atoms with Gasteiger partial charge in [-0.1, -0.05) is 0 Å². The van der Waals surface area contributed by atoms with Gasteiger partial charge >= 0.3 is 6.18 Å². The lowest BCUT2D eigenvalue weighted by Crippen LogP contribution is -2.16. The minimum absolute atomic E-state index is 0.0673. The summed E-state index contributed by atoms with van der Waals surface area (Å²) in [5.74, 6) is 0. The molecule has 0 amide bonds. The minimum Gasteiger partial charge on any atom is -0.277 e. The van der Waals surface area contributed by atoms with Gasteiger partial charge in [-0.15, -0.1) is 0 Å². The van der Waals surface area contributed by atoms with Crippen molar-refractivity contribution < 1.29 is 21.6 Å². The largest absolute Gasteiger partial charge is 0.416 e. The van der Waals surface area contributed by atoms with E-state index in [1.165, 1.54) is 30.6 Å². The molecule has 27 heavy (non-hydrogen) atoms. The molecule has 0 fully saturated rings. The van der Waals surface area contributed by atoms with Crippen LogP contribution in [0, 0.1) is 11.3 Å². The SMILES string of the molecule is N#Cc1ccc(S(=O)(=O)Nc2cc(C(F)(F)F)ccc2-n2cncn2)cc1. The maximum atomic E-state index is 13.0. The number of nitriles is 1. The van der Waals surface area contributed by atoms with E-state index in [4.69, 9.17) is 5.26 Å². The van der Waals surface area contributed by atoms with Crippen LogP contribution in [0.25, 0.3) is 5.69 Å². The quantitative estimate of drug-likeness (QED) is 0.734. The Kier molecular flexibility index (Phi) is 4.59. The Morgan fingerprint density at radius 1 is 1.11 bits per heavy atom. The monoisotopic (exact) mass is 393 g/mol. The van der Waals surface area contributed by atoms with Gasteiger partial charge < -0.3 is 0 Å². The molecule has 0 saturated carbocycles. The molecule has 3 rings (SSSR count). The average Bonchev–Trinajstić information content (AvgIpc) is 3.15. The maximum Gasteiger partial charge on any atom is 0.416 e. The Labute approximate surface area is 151 Å². The fourth-order valence-electron chi connectivity index (χ4n) is 2.24. The molecule has 0 aliphatic rings. The van der Waals surface area contributed by atoms with Crippen molar-refractivity contribution in [1.29, 1.82) is 5.26 Å². The van der Waals surface area contributed by atoms with Crippen LogP contribution < -0.4 is 4.72 Å². The number of hydrogen-bond acceptors (Lipinski definition) is 5. The number of rotatable bonds is 4. The van der Waals surface area contributed by atoms with E-state index in [2.05, 4.69) is 14.8 Å². The summed E-state index contributed by atoms with van der Waals surface area (Å²) in [4.78, 5) is 3.50. The van der Waals surface area contributed by atoms with Gasteiger partial charge in [-0.25, -0.2) is 18.1 Å². The van der Waals surface area contributed by atoms with E-state index in [1.54, 1.807) is 0 Å². The number of sulfonamides is 1. The molecule has 0 saturated heterocycles. The first-order valence-electron chi connectivity index (χ1n) is 7.30. The van der Waals surface area contributed by atoms with Crippen LogP contribution in [-0.2, 0) is 16.2 Å². The first-order chi connectivity index (χ1) is 12.7. The van der Waals surface area contributed by atoms with Crippen molar-refractivity contribution in [3.05, 3.63) is 66.2 Å². The van der Waals surface area contributed by atoms with E-state index in [0.717, 1.165) is 23.1 Å². The predicted octanol–water partition coefficient (Wildman–Crippen LogP) is 2.96. The van der Waals surface area contributed by atoms with Crippen molar-refractivity contribution in [2.75, 3.05) is 4.72 Å². The van der Waals surface area contributed by atoms with Crippen LogP contribution in [0.1, 0.15) is 11.1 Å². The topological polar surface area (TPSA) is 101 Å². The standard InChI is InChI=1S/C16H10F3N5O2S/c17-16(18,19)12-3-6-15(24-10-21-9-22-24)14(7-12)23-27(25,26)13-4-1-11(8-20)2-5-13/h1-7,9-10,23H. The molecule has 0 aliphatic heterocycles. The van der Waals surface area contributed by atoms with Crippen LogP contribution in [0.15, 0.2) is 60.0 Å². The van der Waals surface area contributed by atoms with Gasteiger partial charge in [0.1, 0.15) is 12.7 Å². The van der Waals surface area contributed by atoms with Crippen molar-refractivity contribution in [2.45, 2.75) is 11.1 Å².